The summed E-state index contributed by atoms with van der Waals surface area (Å²) in [4.78, 5) is 12.0. The number of carbonyl (C=O) groups is 1. The summed E-state index contributed by atoms with van der Waals surface area (Å²) >= 11 is 0. The number of benzene rings is 2. The summed E-state index contributed by atoms with van der Waals surface area (Å²) in [5, 5.41) is 3.30. The van der Waals surface area contributed by atoms with Crippen LogP contribution in [-0.4, -0.2) is 19.6 Å². The third-order valence-electron chi connectivity index (χ3n) is 3.34. The van der Waals surface area contributed by atoms with Crippen LogP contribution in [0.3, 0.4) is 0 Å². The Morgan fingerprint density at radius 3 is 2.52 bits per heavy atom. The van der Waals surface area contributed by atoms with E-state index < -0.39 is 5.97 Å². The van der Waals surface area contributed by atoms with Crippen LogP contribution in [0.2, 0.25) is 0 Å². The average Bonchev–Trinajstić information content (AvgIpc) is 2.58. The summed E-state index contributed by atoms with van der Waals surface area (Å²) in [7, 11) is 1.37. The van der Waals surface area contributed by atoms with Crippen LogP contribution in [0.1, 0.15) is 29.8 Å². The second-order valence-corrected chi connectivity index (χ2v) is 5.75. The zero-order valence-corrected chi connectivity index (χ0v) is 13.8. The second kappa shape index (κ2) is 8.22. The van der Waals surface area contributed by atoms with Gasteiger partial charge in [-0.25, -0.2) is 4.79 Å². The summed E-state index contributed by atoms with van der Waals surface area (Å²) in [6.07, 6.45) is 0. The quantitative estimate of drug-likeness (QED) is 0.781. The van der Waals surface area contributed by atoms with Crippen LogP contribution in [0.5, 0.6) is 5.75 Å². The van der Waals surface area contributed by atoms with Crippen molar-refractivity contribution in [2.24, 2.45) is 5.92 Å². The molecule has 1 N–H and O–H groups in total. The van der Waals surface area contributed by atoms with Gasteiger partial charge in [-0.15, -0.1) is 0 Å². The summed E-state index contributed by atoms with van der Waals surface area (Å²) in [6, 6.07) is 15.3. The maximum Gasteiger partial charge on any atom is 0.341 e. The van der Waals surface area contributed by atoms with E-state index in [1.807, 2.05) is 36.4 Å². The molecule has 0 amide bonds. The molecule has 0 atom stereocenters. The smallest absolute Gasteiger partial charge is 0.341 e. The highest BCUT2D eigenvalue weighted by Crippen LogP contribution is 2.25. The van der Waals surface area contributed by atoms with Crippen molar-refractivity contribution >= 4 is 11.7 Å². The second-order valence-electron chi connectivity index (χ2n) is 5.75. The van der Waals surface area contributed by atoms with Crippen LogP contribution < -0.4 is 10.1 Å². The molecular formula is C19H23NO3. The SMILES string of the molecule is COC(=O)c1cc(NCC(C)C)ccc1OCc1ccccc1. The van der Waals surface area contributed by atoms with Crippen LogP contribution in [0.4, 0.5) is 5.69 Å². The first kappa shape index (κ1) is 16.9. The predicted octanol–water partition coefficient (Wildman–Crippen LogP) is 4.12. The fraction of sp³-hybridized carbons (Fsp3) is 0.316. The zero-order valence-electron chi connectivity index (χ0n) is 13.8. The van der Waals surface area contributed by atoms with Crippen molar-refractivity contribution in [3.63, 3.8) is 0 Å². The highest BCUT2D eigenvalue weighted by atomic mass is 16.5. The minimum atomic E-state index is -0.402. The molecule has 0 radical (unpaired) electrons. The topological polar surface area (TPSA) is 47.6 Å². The molecule has 0 aliphatic heterocycles. The Morgan fingerprint density at radius 2 is 1.87 bits per heavy atom. The molecule has 0 aliphatic rings. The van der Waals surface area contributed by atoms with E-state index in [1.54, 1.807) is 12.1 Å². The van der Waals surface area contributed by atoms with E-state index >= 15 is 0 Å². The number of nitrogens with one attached hydrogen (secondary N) is 1. The molecule has 0 saturated heterocycles. The fourth-order valence-corrected chi connectivity index (χ4v) is 2.09. The molecule has 122 valence electrons. The molecular weight excluding hydrogens is 290 g/mol. The lowest BCUT2D eigenvalue weighted by molar-refractivity contribution is 0.0595. The standard InChI is InChI=1S/C19H23NO3/c1-14(2)12-20-16-9-10-18(17(11-16)19(21)22-3)23-13-15-7-5-4-6-8-15/h4-11,14,20H,12-13H2,1-3H3. The van der Waals surface area contributed by atoms with Crippen molar-refractivity contribution in [3.8, 4) is 5.75 Å². The van der Waals surface area contributed by atoms with Crippen LogP contribution in [0, 0.1) is 5.92 Å². The molecule has 0 fully saturated rings. The van der Waals surface area contributed by atoms with Gasteiger partial charge in [0, 0.05) is 12.2 Å². The molecule has 2 rings (SSSR count). The van der Waals surface area contributed by atoms with Gasteiger partial charge in [-0.2, -0.15) is 0 Å². The fourth-order valence-electron chi connectivity index (χ4n) is 2.09. The molecule has 0 saturated carbocycles. The molecule has 2 aromatic rings. The van der Waals surface area contributed by atoms with Gasteiger partial charge < -0.3 is 14.8 Å². The van der Waals surface area contributed by atoms with E-state index in [2.05, 4.69) is 19.2 Å². The van der Waals surface area contributed by atoms with Crippen LogP contribution >= 0.6 is 0 Å². The van der Waals surface area contributed by atoms with Gasteiger partial charge in [0.05, 0.1) is 7.11 Å². The lowest BCUT2D eigenvalue weighted by atomic mass is 10.1. The van der Waals surface area contributed by atoms with Gasteiger partial charge in [-0.1, -0.05) is 44.2 Å². The highest BCUT2D eigenvalue weighted by molar-refractivity contribution is 5.93. The van der Waals surface area contributed by atoms with Crippen LogP contribution in [-0.2, 0) is 11.3 Å². The van der Waals surface area contributed by atoms with Crippen molar-refractivity contribution < 1.29 is 14.3 Å². The molecule has 23 heavy (non-hydrogen) atoms. The van der Waals surface area contributed by atoms with Crippen molar-refractivity contribution in [2.75, 3.05) is 19.0 Å². The Morgan fingerprint density at radius 1 is 1.13 bits per heavy atom. The Labute approximate surface area is 137 Å². The monoisotopic (exact) mass is 313 g/mol. The first-order valence-electron chi connectivity index (χ1n) is 7.73. The highest BCUT2D eigenvalue weighted by Gasteiger charge is 2.14. The van der Waals surface area contributed by atoms with Crippen LogP contribution in [0.25, 0.3) is 0 Å². The third-order valence-corrected chi connectivity index (χ3v) is 3.34. The number of carbonyl (C=O) groups excluding carboxylic acids is 1. The Kier molecular flexibility index (Phi) is 6.03. The van der Waals surface area contributed by atoms with E-state index in [1.165, 1.54) is 7.11 Å². The number of anilines is 1. The van der Waals surface area contributed by atoms with Gasteiger partial charge in [-0.3, -0.25) is 0 Å². The van der Waals surface area contributed by atoms with Gasteiger partial charge in [-0.05, 0) is 29.7 Å². The van der Waals surface area contributed by atoms with E-state index in [4.69, 9.17) is 9.47 Å². The van der Waals surface area contributed by atoms with Gasteiger partial charge in [0.25, 0.3) is 0 Å². The van der Waals surface area contributed by atoms with Gasteiger partial charge in [0.2, 0.25) is 0 Å². The molecule has 0 unspecified atom stereocenters. The molecule has 4 nitrogen and oxygen atoms in total. The van der Waals surface area contributed by atoms with Gasteiger partial charge in [0.15, 0.2) is 0 Å². The summed E-state index contributed by atoms with van der Waals surface area (Å²) in [5.41, 5.74) is 2.36. The lowest BCUT2D eigenvalue weighted by Gasteiger charge is -2.14. The summed E-state index contributed by atoms with van der Waals surface area (Å²) < 4.78 is 10.7. The third kappa shape index (κ3) is 5.02. The van der Waals surface area contributed by atoms with E-state index in [-0.39, 0.29) is 0 Å². The summed E-state index contributed by atoms with van der Waals surface area (Å²) in [5.74, 6) is 0.641. The number of hydrogen-bond donors (Lipinski definition) is 1. The maximum absolute atomic E-state index is 12.0. The number of rotatable bonds is 7. The molecule has 4 heteroatoms. The van der Waals surface area contributed by atoms with Gasteiger partial charge >= 0.3 is 5.97 Å². The number of hydrogen-bond acceptors (Lipinski definition) is 4. The van der Waals surface area contributed by atoms with Crippen LogP contribution in [0.15, 0.2) is 48.5 Å². The van der Waals surface area contributed by atoms with E-state index in [0.29, 0.717) is 23.8 Å². The number of ether oxygens (including phenoxy) is 2. The van der Waals surface area contributed by atoms with Crippen molar-refractivity contribution in [3.05, 3.63) is 59.7 Å². The Hall–Kier alpha value is -2.49. The first-order chi connectivity index (χ1) is 11.1. The predicted molar refractivity (Wildman–Crippen MR) is 91.9 cm³/mol. The van der Waals surface area contributed by atoms with Gasteiger partial charge in [0.1, 0.15) is 17.9 Å². The van der Waals surface area contributed by atoms with Crippen molar-refractivity contribution in [1.29, 1.82) is 0 Å². The molecule has 0 spiro atoms. The lowest BCUT2D eigenvalue weighted by Crippen LogP contribution is -2.10. The van der Waals surface area contributed by atoms with Crippen molar-refractivity contribution in [1.82, 2.24) is 0 Å². The minimum absolute atomic E-state index is 0.402. The maximum atomic E-state index is 12.0. The Balaban J connectivity index is 2.15. The minimum Gasteiger partial charge on any atom is -0.488 e. The molecule has 0 aliphatic carbocycles. The Bertz CT molecular complexity index is 638. The number of esters is 1. The normalized spacial score (nSPS) is 10.4. The summed E-state index contributed by atoms with van der Waals surface area (Å²) in [6.45, 7) is 5.51. The molecule has 0 aromatic heterocycles. The molecule has 2 aromatic carbocycles. The van der Waals surface area contributed by atoms with E-state index in [0.717, 1.165) is 17.8 Å². The number of methoxy groups -OCH3 is 1. The average molecular weight is 313 g/mol. The van der Waals surface area contributed by atoms with Crippen molar-refractivity contribution in [2.45, 2.75) is 20.5 Å². The first-order valence-corrected chi connectivity index (χ1v) is 7.73. The zero-order chi connectivity index (χ0) is 16.7. The van der Waals surface area contributed by atoms with E-state index in [9.17, 15) is 4.79 Å². The largest absolute Gasteiger partial charge is 0.488 e. The molecule has 0 bridgehead atoms. The molecule has 0 heterocycles.